The highest BCUT2D eigenvalue weighted by Gasteiger charge is 2.25. The molecule has 1 atom stereocenters. The lowest BCUT2D eigenvalue weighted by Gasteiger charge is -2.36. The minimum atomic E-state index is -0.0109. The number of carbonyl (C=O) groups is 1. The van der Waals surface area contributed by atoms with Crippen molar-refractivity contribution in [1.29, 1.82) is 0 Å². The van der Waals surface area contributed by atoms with Crippen LogP contribution in [0.15, 0.2) is 48.5 Å². The molecule has 150 valence electrons. The van der Waals surface area contributed by atoms with E-state index in [4.69, 9.17) is 0 Å². The number of nitrogens with one attached hydrogen (secondary N) is 1. The number of carbonyl (C=O) groups excluding carboxylic acids is 1. The van der Waals surface area contributed by atoms with Gasteiger partial charge in [0.2, 0.25) is 5.91 Å². The van der Waals surface area contributed by atoms with Gasteiger partial charge in [-0.2, -0.15) is 5.10 Å². The number of hydrogen-bond acceptors (Lipinski definition) is 3. The Kier molecular flexibility index (Phi) is 5.14. The Labute approximate surface area is 172 Å². The Hall–Kier alpha value is -3.08. The summed E-state index contributed by atoms with van der Waals surface area (Å²) in [5, 5.41) is 7.76. The molecule has 0 spiro atoms. The molecule has 2 heterocycles. The molecule has 0 saturated heterocycles. The Bertz CT molecular complexity index is 1040. The van der Waals surface area contributed by atoms with Crippen molar-refractivity contribution in [2.45, 2.75) is 46.6 Å². The number of benzene rings is 2. The van der Waals surface area contributed by atoms with Crippen LogP contribution in [0.3, 0.4) is 0 Å². The second-order valence-corrected chi connectivity index (χ2v) is 7.99. The number of rotatable bonds is 4. The van der Waals surface area contributed by atoms with E-state index in [9.17, 15) is 4.79 Å². The van der Waals surface area contributed by atoms with E-state index in [2.05, 4.69) is 59.5 Å². The number of nitrogens with zero attached hydrogens (tertiary/aromatic N) is 3. The average Bonchev–Trinajstić information content (AvgIpc) is 2.99. The molecule has 0 bridgehead atoms. The highest BCUT2D eigenvalue weighted by molar-refractivity contribution is 5.95. The minimum Gasteiger partial charge on any atom is -0.359 e. The van der Waals surface area contributed by atoms with Gasteiger partial charge in [-0.05, 0) is 64.3 Å². The number of fused-ring (bicyclic) bond motifs is 1. The lowest BCUT2D eigenvalue weighted by Crippen LogP contribution is -2.42. The van der Waals surface area contributed by atoms with Crippen LogP contribution in [0, 0.1) is 20.8 Å². The van der Waals surface area contributed by atoms with Crippen molar-refractivity contribution in [3.8, 4) is 5.69 Å². The summed E-state index contributed by atoms with van der Waals surface area (Å²) in [6, 6.07) is 17.0. The Morgan fingerprint density at radius 3 is 2.59 bits per heavy atom. The molecule has 1 aromatic heterocycles. The highest BCUT2D eigenvalue weighted by Crippen LogP contribution is 2.30. The van der Waals surface area contributed by atoms with Gasteiger partial charge < -0.3 is 10.2 Å². The number of aryl methyl sites for hydroxylation is 3. The zero-order valence-corrected chi connectivity index (χ0v) is 17.6. The van der Waals surface area contributed by atoms with Gasteiger partial charge in [-0.1, -0.05) is 35.9 Å². The van der Waals surface area contributed by atoms with Crippen molar-refractivity contribution >= 4 is 17.3 Å². The summed E-state index contributed by atoms with van der Waals surface area (Å²) in [6.07, 6.45) is 2.13. The summed E-state index contributed by atoms with van der Waals surface area (Å²) < 4.78 is 1.89. The van der Waals surface area contributed by atoms with E-state index in [1.165, 1.54) is 16.8 Å². The molecule has 4 rings (SSSR count). The Balaban J connectivity index is 1.54. The zero-order chi connectivity index (χ0) is 20.5. The molecule has 0 saturated carbocycles. The second-order valence-electron chi connectivity index (χ2n) is 7.99. The van der Waals surface area contributed by atoms with Crippen molar-refractivity contribution in [3.63, 3.8) is 0 Å². The number of aromatic nitrogens is 2. The Morgan fingerprint density at radius 1 is 1.10 bits per heavy atom. The van der Waals surface area contributed by atoms with E-state index < -0.39 is 0 Å². The van der Waals surface area contributed by atoms with Crippen LogP contribution in [0.2, 0.25) is 0 Å². The van der Waals surface area contributed by atoms with Gasteiger partial charge in [0.15, 0.2) is 0 Å². The number of hydrogen-bond donors (Lipinski definition) is 1. The normalized spacial score (nSPS) is 15.9. The topological polar surface area (TPSA) is 50.2 Å². The van der Waals surface area contributed by atoms with Crippen molar-refractivity contribution in [1.82, 2.24) is 9.78 Å². The molecule has 1 unspecified atom stereocenters. The fourth-order valence-electron chi connectivity index (χ4n) is 4.10. The maximum atomic E-state index is 12.9. The zero-order valence-electron chi connectivity index (χ0n) is 17.6. The van der Waals surface area contributed by atoms with Gasteiger partial charge in [-0.15, -0.1) is 0 Å². The van der Waals surface area contributed by atoms with E-state index in [0.717, 1.165) is 35.6 Å². The molecule has 1 N–H and O–H groups in total. The smallest absolute Gasteiger partial charge is 0.244 e. The summed E-state index contributed by atoms with van der Waals surface area (Å²) in [5.41, 5.74) is 7.25. The van der Waals surface area contributed by atoms with E-state index in [-0.39, 0.29) is 5.91 Å². The molecule has 1 aliphatic rings. The van der Waals surface area contributed by atoms with Crippen LogP contribution in [0.1, 0.15) is 35.9 Å². The predicted molar refractivity (Wildman–Crippen MR) is 118 cm³/mol. The maximum Gasteiger partial charge on any atom is 0.244 e. The standard InChI is InChI=1S/C24H28N4O/c1-16-9-13-21(14-10-16)28-19(4)24(18(3)26-28)25-23(29)15-27-17(2)11-12-20-7-5-6-8-22(20)27/h5-10,13-14,17H,11-12,15H2,1-4H3,(H,25,29). The minimum absolute atomic E-state index is 0.0109. The van der Waals surface area contributed by atoms with Crippen LogP contribution in [0.25, 0.3) is 5.69 Å². The van der Waals surface area contributed by atoms with Crippen molar-refractivity contribution < 1.29 is 4.79 Å². The SMILES string of the molecule is Cc1ccc(-n2nc(C)c(NC(=O)CN3c4ccccc4CCC3C)c2C)cc1. The molecule has 1 aliphatic heterocycles. The number of anilines is 2. The fraction of sp³-hybridized carbons (Fsp3) is 0.333. The van der Waals surface area contributed by atoms with Crippen LogP contribution in [0.4, 0.5) is 11.4 Å². The molecule has 3 aromatic rings. The quantitative estimate of drug-likeness (QED) is 0.712. The van der Waals surface area contributed by atoms with Crippen LogP contribution < -0.4 is 10.2 Å². The summed E-state index contributed by atoms with van der Waals surface area (Å²) in [5.74, 6) is -0.0109. The third kappa shape index (κ3) is 3.77. The van der Waals surface area contributed by atoms with Crippen molar-refractivity contribution in [2.24, 2.45) is 0 Å². The Morgan fingerprint density at radius 2 is 1.83 bits per heavy atom. The van der Waals surface area contributed by atoms with Crippen LogP contribution in [-0.4, -0.2) is 28.3 Å². The van der Waals surface area contributed by atoms with Gasteiger partial charge in [0.25, 0.3) is 0 Å². The highest BCUT2D eigenvalue weighted by atomic mass is 16.2. The predicted octanol–water partition coefficient (Wildman–Crippen LogP) is 4.58. The third-order valence-corrected chi connectivity index (χ3v) is 5.81. The first-order chi connectivity index (χ1) is 13.9. The number of amides is 1. The first-order valence-electron chi connectivity index (χ1n) is 10.2. The van der Waals surface area contributed by atoms with Crippen molar-refractivity contribution in [2.75, 3.05) is 16.8 Å². The molecule has 5 heteroatoms. The molecule has 1 amide bonds. The summed E-state index contributed by atoms with van der Waals surface area (Å²) in [6.45, 7) is 8.53. The van der Waals surface area contributed by atoms with Gasteiger partial charge in [-0.25, -0.2) is 4.68 Å². The lowest BCUT2D eigenvalue weighted by atomic mass is 9.96. The molecular weight excluding hydrogens is 360 g/mol. The fourth-order valence-corrected chi connectivity index (χ4v) is 4.10. The maximum absolute atomic E-state index is 12.9. The van der Waals surface area contributed by atoms with Crippen LogP contribution >= 0.6 is 0 Å². The van der Waals surface area contributed by atoms with Crippen LogP contribution in [-0.2, 0) is 11.2 Å². The molecule has 0 radical (unpaired) electrons. The monoisotopic (exact) mass is 388 g/mol. The van der Waals surface area contributed by atoms with Gasteiger partial charge in [-0.3, -0.25) is 4.79 Å². The largest absolute Gasteiger partial charge is 0.359 e. The van der Waals surface area contributed by atoms with Gasteiger partial charge in [0, 0.05) is 11.7 Å². The molecule has 0 aliphatic carbocycles. The summed E-state index contributed by atoms with van der Waals surface area (Å²) in [4.78, 5) is 15.2. The molecule has 0 fully saturated rings. The average molecular weight is 389 g/mol. The molecule has 5 nitrogen and oxygen atoms in total. The van der Waals surface area contributed by atoms with Gasteiger partial charge in [0.05, 0.1) is 29.3 Å². The molecule has 29 heavy (non-hydrogen) atoms. The van der Waals surface area contributed by atoms with Crippen LogP contribution in [0.5, 0.6) is 0 Å². The first-order valence-corrected chi connectivity index (χ1v) is 10.2. The third-order valence-electron chi connectivity index (χ3n) is 5.81. The van der Waals surface area contributed by atoms with E-state index in [1.807, 2.05) is 36.7 Å². The van der Waals surface area contributed by atoms with Gasteiger partial charge >= 0.3 is 0 Å². The molecular formula is C24H28N4O. The van der Waals surface area contributed by atoms with Crippen molar-refractivity contribution in [3.05, 3.63) is 71.0 Å². The first kappa shape index (κ1) is 19.2. The lowest BCUT2D eigenvalue weighted by molar-refractivity contribution is -0.115. The summed E-state index contributed by atoms with van der Waals surface area (Å²) in [7, 11) is 0. The molecule has 2 aromatic carbocycles. The van der Waals surface area contributed by atoms with Gasteiger partial charge in [0.1, 0.15) is 0 Å². The summed E-state index contributed by atoms with van der Waals surface area (Å²) >= 11 is 0. The van der Waals surface area contributed by atoms with E-state index in [0.29, 0.717) is 12.6 Å². The van der Waals surface area contributed by atoms with E-state index >= 15 is 0 Å². The number of para-hydroxylation sites is 1. The second kappa shape index (κ2) is 7.74. The van der Waals surface area contributed by atoms with E-state index in [1.54, 1.807) is 0 Å².